The highest BCUT2D eigenvalue weighted by Crippen LogP contribution is 2.32. The van der Waals surface area contributed by atoms with Crippen molar-refractivity contribution >= 4 is 17.3 Å². The third kappa shape index (κ3) is 5.13. The van der Waals surface area contributed by atoms with Crippen molar-refractivity contribution in [3.05, 3.63) is 16.4 Å². The van der Waals surface area contributed by atoms with Gasteiger partial charge >= 0.3 is 5.69 Å². The molecule has 0 spiro atoms. The van der Waals surface area contributed by atoms with Crippen molar-refractivity contribution in [1.29, 1.82) is 0 Å². The molecule has 1 aromatic heterocycles. The summed E-state index contributed by atoms with van der Waals surface area (Å²) in [5, 5.41) is 14.6. The van der Waals surface area contributed by atoms with Crippen LogP contribution in [0, 0.1) is 22.0 Å². The summed E-state index contributed by atoms with van der Waals surface area (Å²) in [7, 11) is 0. The smallest absolute Gasteiger partial charge is 0.353 e. The Morgan fingerprint density at radius 1 is 1.14 bits per heavy atom. The number of hydrogen-bond donors (Lipinski definition) is 1. The van der Waals surface area contributed by atoms with Crippen molar-refractivity contribution in [2.45, 2.75) is 47.6 Å². The van der Waals surface area contributed by atoms with Gasteiger partial charge in [0.2, 0.25) is 11.6 Å². The monoisotopic (exact) mass is 309 g/mol. The van der Waals surface area contributed by atoms with Gasteiger partial charge in [-0.15, -0.1) is 0 Å². The van der Waals surface area contributed by atoms with Gasteiger partial charge in [-0.25, -0.2) is 9.97 Å². The average molecular weight is 309 g/mol. The molecule has 0 aliphatic rings. The van der Waals surface area contributed by atoms with Crippen molar-refractivity contribution < 1.29 is 4.92 Å². The zero-order chi connectivity index (χ0) is 16.9. The van der Waals surface area contributed by atoms with E-state index in [0.717, 1.165) is 13.1 Å². The molecule has 1 aromatic rings. The Kier molecular flexibility index (Phi) is 6.52. The molecule has 0 atom stereocenters. The molecular formula is C15H27N5O2. The first-order valence-electron chi connectivity index (χ1n) is 7.73. The van der Waals surface area contributed by atoms with E-state index in [-0.39, 0.29) is 17.5 Å². The van der Waals surface area contributed by atoms with Crippen molar-refractivity contribution in [2.24, 2.45) is 11.8 Å². The highest BCUT2D eigenvalue weighted by molar-refractivity contribution is 5.70. The van der Waals surface area contributed by atoms with E-state index in [4.69, 9.17) is 0 Å². The summed E-state index contributed by atoms with van der Waals surface area (Å²) in [5.41, 5.74) is -0.0440. The van der Waals surface area contributed by atoms with Gasteiger partial charge in [0.15, 0.2) is 0 Å². The van der Waals surface area contributed by atoms with Gasteiger partial charge in [-0.05, 0) is 25.7 Å². The lowest BCUT2D eigenvalue weighted by atomic mass is 10.1. The third-order valence-corrected chi connectivity index (χ3v) is 2.88. The van der Waals surface area contributed by atoms with Crippen molar-refractivity contribution in [3.8, 4) is 0 Å². The molecule has 124 valence electrons. The Labute approximate surface area is 132 Å². The van der Waals surface area contributed by atoms with Crippen LogP contribution in [0.25, 0.3) is 0 Å². The van der Waals surface area contributed by atoms with Gasteiger partial charge in [-0.3, -0.25) is 10.1 Å². The molecule has 1 N–H and O–H groups in total. The van der Waals surface area contributed by atoms with Crippen LogP contribution in [0.4, 0.5) is 17.3 Å². The maximum absolute atomic E-state index is 11.6. The molecule has 0 aromatic carbocycles. The number of rotatable bonds is 8. The van der Waals surface area contributed by atoms with Crippen LogP contribution in [-0.2, 0) is 0 Å². The summed E-state index contributed by atoms with van der Waals surface area (Å²) in [6, 6.07) is 0.0603. The Morgan fingerprint density at radius 2 is 1.68 bits per heavy atom. The molecule has 0 radical (unpaired) electrons. The maximum Gasteiger partial charge on any atom is 0.353 e. The lowest BCUT2D eigenvalue weighted by Crippen LogP contribution is -2.33. The average Bonchev–Trinajstić information content (AvgIpc) is 2.35. The van der Waals surface area contributed by atoms with Crippen LogP contribution in [0.2, 0.25) is 0 Å². The molecule has 1 rings (SSSR count). The van der Waals surface area contributed by atoms with E-state index in [1.165, 1.54) is 6.33 Å². The minimum absolute atomic E-state index is 0.0440. The fourth-order valence-corrected chi connectivity index (χ4v) is 2.28. The van der Waals surface area contributed by atoms with E-state index >= 15 is 0 Å². The largest absolute Gasteiger partial charge is 0.362 e. The molecule has 0 saturated carbocycles. The molecule has 0 fully saturated rings. The molecule has 0 aliphatic carbocycles. The first kappa shape index (κ1) is 18.1. The molecule has 7 nitrogen and oxygen atoms in total. The Hall–Kier alpha value is -1.92. The van der Waals surface area contributed by atoms with Crippen LogP contribution in [0.1, 0.15) is 41.5 Å². The number of nitro groups is 1. The van der Waals surface area contributed by atoms with Gasteiger partial charge in [0.05, 0.1) is 4.92 Å². The van der Waals surface area contributed by atoms with Crippen LogP contribution in [0.15, 0.2) is 6.33 Å². The Balaban J connectivity index is 3.31. The van der Waals surface area contributed by atoms with Gasteiger partial charge < -0.3 is 10.2 Å². The first-order chi connectivity index (χ1) is 10.2. The number of anilines is 2. The van der Waals surface area contributed by atoms with Gasteiger partial charge in [0, 0.05) is 19.1 Å². The van der Waals surface area contributed by atoms with E-state index in [0.29, 0.717) is 17.7 Å². The standard InChI is InChI=1S/C15H27N5O2/c1-10(2)7-19(8-11(3)4)15-13(20(21)22)14(16-9-17-15)18-12(5)6/h9-12H,7-8H2,1-6H3,(H,16,17,18). The van der Waals surface area contributed by atoms with Crippen LogP contribution in [0.5, 0.6) is 0 Å². The molecule has 0 aliphatic heterocycles. The minimum atomic E-state index is -0.395. The lowest BCUT2D eigenvalue weighted by Gasteiger charge is -2.27. The van der Waals surface area contributed by atoms with Gasteiger partial charge in [-0.1, -0.05) is 27.7 Å². The van der Waals surface area contributed by atoms with E-state index in [9.17, 15) is 10.1 Å². The summed E-state index contributed by atoms with van der Waals surface area (Å²) >= 11 is 0. The molecular weight excluding hydrogens is 282 g/mol. The van der Waals surface area contributed by atoms with Crippen LogP contribution in [-0.4, -0.2) is 34.0 Å². The summed E-state index contributed by atoms with van der Waals surface area (Å²) in [6.07, 6.45) is 1.39. The Bertz CT molecular complexity index is 493. The van der Waals surface area contributed by atoms with Crippen molar-refractivity contribution in [3.63, 3.8) is 0 Å². The molecule has 0 saturated heterocycles. The predicted molar refractivity (Wildman–Crippen MR) is 89.3 cm³/mol. The summed E-state index contributed by atoms with van der Waals surface area (Å²) in [4.78, 5) is 21.4. The highest BCUT2D eigenvalue weighted by Gasteiger charge is 2.28. The van der Waals surface area contributed by atoms with Crippen LogP contribution in [0.3, 0.4) is 0 Å². The van der Waals surface area contributed by atoms with E-state index < -0.39 is 4.92 Å². The van der Waals surface area contributed by atoms with Crippen molar-refractivity contribution in [2.75, 3.05) is 23.3 Å². The molecule has 0 unspecified atom stereocenters. The van der Waals surface area contributed by atoms with E-state index in [1.807, 2.05) is 18.7 Å². The fourth-order valence-electron chi connectivity index (χ4n) is 2.28. The van der Waals surface area contributed by atoms with E-state index in [1.54, 1.807) is 0 Å². The van der Waals surface area contributed by atoms with Gasteiger partial charge in [0.25, 0.3) is 0 Å². The number of nitrogens with one attached hydrogen (secondary N) is 1. The van der Waals surface area contributed by atoms with Crippen LogP contribution < -0.4 is 10.2 Å². The zero-order valence-corrected chi connectivity index (χ0v) is 14.3. The summed E-state index contributed by atoms with van der Waals surface area (Å²) < 4.78 is 0. The third-order valence-electron chi connectivity index (χ3n) is 2.88. The normalized spacial score (nSPS) is 11.3. The molecule has 0 bridgehead atoms. The van der Waals surface area contributed by atoms with Crippen molar-refractivity contribution in [1.82, 2.24) is 9.97 Å². The van der Waals surface area contributed by atoms with Gasteiger partial charge in [0.1, 0.15) is 6.33 Å². The van der Waals surface area contributed by atoms with E-state index in [2.05, 4.69) is 43.0 Å². The molecule has 7 heteroatoms. The summed E-state index contributed by atoms with van der Waals surface area (Å²) in [6.45, 7) is 13.6. The predicted octanol–water partition coefficient (Wildman–Crippen LogP) is 3.32. The second-order valence-electron chi connectivity index (χ2n) is 6.64. The SMILES string of the molecule is CC(C)CN(CC(C)C)c1ncnc(NC(C)C)c1[N+](=O)[O-]. The zero-order valence-electron chi connectivity index (χ0n) is 14.3. The maximum atomic E-state index is 11.6. The number of nitrogens with zero attached hydrogens (tertiary/aromatic N) is 4. The minimum Gasteiger partial charge on any atom is -0.362 e. The molecule has 22 heavy (non-hydrogen) atoms. The highest BCUT2D eigenvalue weighted by atomic mass is 16.6. The number of hydrogen-bond acceptors (Lipinski definition) is 6. The lowest BCUT2D eigenvalue weighted by molar-refractivity contribution is -0.383. The topological polar surface area (TPSA) is 84.2 Å². The Morgan fingerprint density at radius 3 is 2.09 bits per heavy atom. The van der Waals surface area contributed by atoms with Gasteiger partial charge in [-0.2, -0.15) is 0 Å². The molecule has 1 heterocycles. The molecule has 0 amide bonds. The second-order valence-corrected chi connectivity index (χ2v) is 6.64. The fraction of sp³-hybridized carbons (Fsp3) is 0.733. The number of aromatic nitrogens is 2. The quantitative estimate of drug-likeness (QED) is 0.585. The summed E-state index contributed by atoms with van der Waals surface area (Å²) in [5.74, 6) is 1.44. The second kappa shape index (κ2) is 7.91. The first-order valence-corrected chi connectivity index (χ1v) is 7.73. The van der Waals surface area contributed by atoms with Crippen LogP contribution >= 0.6 is 0 Å².